The Hall–Kier alpha value is -1.85. The monoisotopic (exact) mass is 235 g/mol. The highest BCUT2D eigenvalue weighted by atomic mass is 16.5. The van der Waals surface area contributed by atoms with Crippen LogP contribution in [0.4, 0.5) is 0 Å². The van der Waals surface area contributed by atoms with Gasteiger partial charge in [-0.25, -0.2) is 5.84 Å². The summed E-state index contributed by atoms with van der Waals surface area (Å²) in [7, 11) is 1.87. The van der Waals surface area contributed by atoms with Gasteiger partial charge in [0.05, 0.1) is 0 Å². The molecule has 5 nitrogen and oxygen atoms in total. The molecule has 0 bridgehead atoms. The molecule has 0 saturated heterocycles. The average Bonchev–Trinajstić information content (AvgIpc) is 2.37. The second-order valence-electron chi connectivity index (χ2n) is 3.35. The molecule has 1 amide bonds. The van der Waals surface area contributed by atoms with Gasteiger partial charge in [-0.05, 0) is 13.1 Å². The van der Waals surface area contributed by atoms with E-state index in [2.05, 4.69) is 5.32 Å². The SMILES string of the molecule is CNCC=Cc1ccccc1OCC(=O)NN. The second-order valence-corrected chi connectivity index (χ2v) is 3.35. The zero-order valence-electron chi connectivity index (χ0n) is 9.77. The summed E-state index contributed by atoms with van der Waals surface area (Å²) < 4.78 is 5.36. The van der Waals surface area contributed by atoms with Gasteiger partial charge in [-0.2, -0.15) is 0 Å². The maximum Gasteiger partial charge on any atom is 0.271 e. The van der Waals surface area contributed by atoms with Crippen molar-refractivity contribution in [1.29, 1.82) is 0 Å². The normalized spacial score (nSPS) is 10.5. The van der Waals surface area contributed by atoms with Gasteiger partial charge in [-0.1, -0.05) is 30.4 Å². The van der Waals surface area contributed by atoms with E-state index >= 15 is 0 Å². The van der Waals surface area contributed by atoms with Crippen molar-refractivity contribution in [2.24, 2.45) is 5.84 Å². The summed E-state index contributed by atoms with van der Waals surface area (Å²) in [5.41, 5.74) is 2.94. The highest BCUT2D eigenvalue weighted by molar-refractivity contribution is 5.77. The maximum absolute atomic E-state index is 11.0. The van der Waals surface area contributed by atoms with Crippen LogP contribution in [0.1, 0.15) is 5.56 Å². The first-order chi connectivity index (χ1) is 8.27. The van der Waals surface area contributed by atoms with Crippen LogP contribution < -0.4 is 21.3 Å². The third-order valence-electron chi connectivity index (χ3n) is 2.06. The lowest BCUT2D eigenvalue weighted by molar-refractivity contribution is -0.123. The highest BCUT2D eigenvalue weighted by Crippen LogP contribution is 2.19. The van der Waals surface area contributed by atoms with E-state index in [4.69, 9.17) is 10.6 Å². The van der Waals surface area contributed by atoms with Crippen molar-refractivity contribution in [3.05, 3.63) is 35.9 Å². The fourth-order valence-electron chi connectivity index (χ4n) is 1.24. The topological polar surface area (TPSA) is 76.4 Å². The summed E-state index contributed by atoms with van der Waals surface area (Å²) >= 11 is 0. The Kier molecular flexibility index (Phi) is 5.77. The molecule has 0 spiro atoms. The molecule has 0 aliphatic carbocycles. The number of amides is 1. The number of benzene rings is 1. The van der Waals surface area contributed by atoms with Crippen LogP contribution >= 0.6 is 0 Å². The number of ether oxygens (including phenoxy) is 1. The van der Waals surface area contributed by atoms with Gasteiger partial charge in [-0.15, -0.1) is 0 Å². The molecule has 92 valence electrons. The van der Waals surface area contributed by atoms with Crippen LogP contribution in [0, 0.1) is 0 Å². The lowest BCUT2D eigenvalue weighted by Gasteiger charge is -2.07. The van der Waals surface area contributed by atoms with Gasteiger partial charge in [0, 0.05) is 12.1 Å². The van der Waals surface area contributed by atoms with Crippen LogP contribution in [0.5, 0.6) is 5.75 Å². The lowest BCUT2D eigenvalue weighted by atomic mass is 10.2. The molecule has 4 N–H and O–H groups in total. The van der Waals surface area contributed by atoms with E-state index in [1.165, 1.54) is 0 Å². The summed E-state index contributed by atoms with van der Waals surface area (Å²) in [5.74, 6) is 5.26. The van der Waals surface area contributed by atoms with Crippen LogP contribution in [0.3, 0.4) is 0 Å². The molecular formula is C12H17N3O2. The van der Waals surface area contributed by atoms with E-state index in [0.29, 0.717) is 5.75 Å². The van der Waals surface area contributed by atoms with Crippen molar-refractivity contribution in [3.8, 4) is 5.75 Å². The zero-order chi connectivity index (χ0) is 12.5. The Morgan fingerprint density at radius 3 is 2.94 bits per heavy atom. The quantitative estimate of drug-likeness (QED) is 0.376. The van der Waals surface area contributed by atoms with Crippen LogP contribution in [0.2, 0.25) is 0 Å². The van der Waals surface area contributed by atoms with Crippen molar-refractivity contribution in [3.63, 3.8) is 0 Å². The van der Waals surface area contributed by atoms with Crippen LogP contribution in [0.15, 0.2) is 30.3 Å². The third-order valence-corrected chi connectivity index (χ3v) is 2.06. The first-order valence-electron chi connectivity index (χ1n) is 5.30. The molecule has 17 heavy (non-hydrogen) atoms. The number of rotatable bonds is 6. The Morgan fingerprint density at radius 2 is 2.24 bits per heavy atom. The summed E-state index contributed by atoms with van der Waals surface area (Å²) in [4.78, 5) is 11.0. The number of hydrogen-bond donors (Lipinski definition) is 3. The van der Waals surface area contributed by atoms with Crippen LogP contribution in [-0.4, -0.2) is 26.1 Å². The number of nitrogens with two attached hydrogens (primary N) is 1. The summed E-state index contributed by atoms with van der Waals surface area (Å²) in [6.45, 7) is 0.686. The fraction of sp³-hybridized carbons (Fsp3) is 0.250. The molecule has 0 aliphatic rings. The standard InChI is InChI=1S/C12H17N3O2/c1-14-8-4-6-10-5-2-3-7-11(10)17-9-12(16)15-13/h2-7,14H,8-9,13H2,1H3,(H,15,16). The molecule has 1 aromatic rings. The van der Waals surface area contributed by atoms with E-state index in [1.807, 2.05) is 48.9 Å². The Bertz CT molecular complexity index is 391. The smallest absolute Gasteiger partial charge is 0.271 e. The second kappa shape index (κ2) is 7.43. The summed E-state index contributed by atoms with van der Waals surface area (Å²) in [6.07, 6.45) is 3.91. The molecule has 5 heteroatoms. The molecule has 1 rings (SSSR count). The number of hydrazine groups is 1. The molecule has 0 radical (unpaired) electrons. The molecule has 0 fully saturated rings. The Morgan fingerprint density at radius 1 is 1.47 bits per heavy atom. The van der Waals surface area contributed by atoms with E-state index in [9.17, 15) is 4.79 Å². The van der Waals surface area contributed by atoms with Crippen molar-refractivity contribution in [2.45, 2.75) is 0 Å². The Balaban J connectivity index is 2.67. The molecular weight excluding hydrogens is 218 g/mol. The average molecular weight is 235 g/mol. The van der Waals surface area contributed by atoms with Gasteiger partial charge in [0.25, 0.3) is 5.91 Å². The van der Waals surface area contributed by atoms with Gasteiger partial charge in [0.1, 0.15) is 5.75 Å². The van der Waals surface area contributed by atoms with Crippen LogP contribution in [0.25, 0.3) is 6.08 Å². The highest BCUT2D eigenvalue weighted by Gasteiger charge is 2.02. The number of likely N-dealkylation sites (N-methyl/N-ethyl adjacent to an activating group) is 1. The maximum atomic E-state index is 11.0. The number of nitrogens with one attached hydrogen (secondary N) is 2. The first-order valence-corrected chi connectivity index (χ1v) is 5.30. The van der Waals surface area contributed by atoms with Gasteiger partial charge in [-0.3, -0.25) is 10.2 Å². The van der Waals surface area contributed by atoms with E-state index < -0.39 is 0 Å². The van der Waals surface area contributed by atoms with E-state index in [0.717, 1.165) is 12.1 Å². The predicted octanol–water partition coefficient (Wildman–Crippen LogP) is 0.288. The van der Waals surface area contributed by atoms with Crippen molar-refractivity contribution < 1.29 is 9.53 Å². The molecule has 1 aromatic carbocycles. The molecule has 0 saturated carbocycles. The van der Waals surface area contributed by atoms with Gasteiger partial charge < -0.3 is 10.1 Å². The van der Waals surface area contributed by atoms with Gasteiger partial charge >= 0.3 is 0 Å². The minimum Gasteiger partial charge on any atom is -0.483 e. The predicted molar refractivity (Wildman–Crippen MR) is 67.2 cm³/mol. The molecule has 0 aromatic heterocycles. The van der Waals surface area contributed by atoms with Gasteiger partial charge in [0.2, 0.25) is 0 Å². The number of hydrogen-bond acceptors (Lipinski definition) is 4. The van der Waals surface area contributed by atoms with E-state index in [-0.39, 0.29) is 12.5 Å². The number of carbonyl (C=O) groups is 1. The third kappa shape index (κ3) is 4.67. The summed E-state index contributed by atoms with van der Waals surface area (Å²) in [6, 6.07) is 7.49. The minimum atomic E-state index is -0.362. The first kappa shape index (κ1) is 13.2. The summed E-state index contributed by atoms with van der Waals surface area (Å²) in [5, 5.41) is 3.01. The minimum absolute atomic E-state index is 0.0899. The number of carbonyl (C=O) groups excluding carboxylic acids is 1. The fourth-order valence-corrected chi connectivity index (χ4v) is 1.24. The molecule has 0 heterocycles. The van der Waals surface area contributed by atoms with Crippen LogP contribution in [-0.2, 0) is 4.79 Å². The Labute approximate surface area is 101 Å². The van der Waals surface area contributed by atoms with Crippen molar-refractivity contribution in [1.82, 2.24) is 10.7 Å². The lowest BCUT2D eigenvalue weighted by Crippen LogP contribution is -2.34. The molecule has 0 unspecified atom stereocenters. The number of para-hydroxylation sites is 1. The van der Waals surface area contributed by atoms with Gasteiger partial charge in [0.15, 0.2) is 6.61 Å². The largest absolute Gasteiger partial charge is 0.483 e. The molecule has 0 atom stereocenters. The van der Waals surface area contributed by atoms with Crippen molar-refractivity contribution in [2.75, 3.05) is 20.2 Å². The van der Waals surface area contributed by atoms with E-state index in [1.54, 1.807) is 0 Å². The molecule has 0 aliphatic heterocycles. The zero-order valence-corrected chi connectivity index (χ0v) is 9.77. The van der Waals surface area contributed by atoms with Crippen molar-refractivity contribution >= 4 is 12.0 Å².